The summed E-state index contributed by atoms with van der Waals surface area (Å²) in [5, 5.41) is 9.11. The summed E-state index contributed by atoms with van der Waals surface area (Å²) in [6.45, 7) is 0.655. The number of benzene rings is 1. The van der Waals surface area contributed by atoms with Crippen molar-refractivity contribution in [2.75, 3.05) is 13.2 Å². The molecule has 0 fully saturated rings. The molecule has 0 atom stereocenters. The Bertz CT molecular complexity index is 582. The zero-order chi connectivity index (χ0) is 16.0. The highest BCUT2D eigenvalue weighted by atomic mass is 19.4. The van der Waals surface area contributed by atoms with E-state index in [4.69, 9.17) is 14.6 Å². The fraction of sp³-hybridized carbons (Fsp3) is 0.267. The second-order valence-corrected chi connectivity index (χ2v) is 4.43. The van der Waals surface area contributed by atoms with Gasteiger partial charge in [-0.05, 0) is 30.3 Å². The first-order chi connectivity index (χ1) is 10.4. The van der Waals surface area contributed by atoms with Gasteiger partial charge in [-0.15, -0.1) is 0 Å². The molecule has 1 aromatic heterocycles. The van der Waals surface area contributed by atoms with Crippen molar-refractivity contribution in [2.45, 2.75) is 12.6 Å². The third-order valence-corrected chi connectivity index (χ3v) is 2.71. The maximum Gasteiger partial charge on any atom is 0.417 e. The van der Waals surface area contributed by atoms with Crippen LogP contribution in [0.4, 0.5) is 13.2 Å². The molecule has 7 heteroatoms. The van der Waals surface area contributed by atoms with E-state index in [9.17, 15) is 13.2 Å². The number of pyridine rings is 1. The molecule has 1 heterocycles. The fourth-order valence-electron chi connectivity index (χ4n) is 1.60. The van der Waals surface area contributed by atoms with Crippen molar-refractivity contribution >= 4 is 0 Å². The van der Waals surface area contributed by atoms with Crippen molar-refractivity contribution in [3.8, 4) is 17.4 Å². The van der Waals surface area contributed by atoms with Gasteiger partial charge in [-0.1, -0.05) is 0 Å². The van der Waals surface area contributed by atoms with E-state index in [1.165, 1.54) is 18.2 Å². The molecule has 2 rings (SSSR count). The normalized spacial score (nSPS) is 11.2. The number of aromatic hydroxyl groups is 1. The van der Waals surface area contributed by atoms with Gasteiger partial charge < -0.3 is 14.6 Å². The zero-order valence-corrected chi connectivity index (χ0v) is 11.5. The molecular formula is C15H14F3NO3. The largest absolute Gasteiger partial charge is 0.508 e. The van der Waals surface area contributed by atoms with Crippen LogP contribution in [0.5, 0.6) is 17.4 Å². The summed E-state index contributed by atoms with van der Waals surface area (Å²) < 4.78 is 47.7. The van der Waals surface area contributed by atoms with E-state index >= 15 is 0 Å². The number of ether oxygens (including phenoxy) is 2. The zero-order valence-electron chi connectivity index (χ0n) is 11.5. The Morgan fingerprint density at radius 3 is 2.23 bits per heavy atom. The number of alkyl halides is 3. The Hall–Kier alpha value is -2.44. The Kier molecular flexibility index (Phi) is 5.08. The van der Waals surface area contributed by atoms with E-state index in [-0.39, 0.29) is 18.2 Å². The van der Waals surface area contributed by atoms with E-state index in [1.807, 2.05) is 0 Å². The minimum absolute atomic E-state index is 0.137. The number of phenolic OH excluding ortho intramolecular Hbond substituents is 1. The molecule has 2 aromatic rings. The monoisotopic (exact) mass is 313 g/mol. The van der Waals surface area contributed by atoms with Gasteiger partial charge in [0.05, 0.1) is 18.8 Å². The van der Waals surface area contributed by atoms with Crippen LogP contribution in [0.15, 0.2) is 42.6 Å². The van der Waals surface area contributed by atoms with Crippen LogP contribution >= 0.6 is 0 Å². The summed E-state index contributed by atoms with van der Waals surface area (Å²) in [6.07, 6.45) is -3.12. The van der Waals surface area contributed by atoms with Crippen molar-refractivity contribution in [1.82, 2.24) is 4.98 Å². The molecule has 0 spiro atoms. The molecular weight excluding hydrogens is 299 g/mol. The molecule has 0 aliphatic rings. The Labute approximate surface area is 125 Å². The summed E-state index contributed by atoms with van der Waals surface area (Å²) in [6, 6.07) is 8.40. The lowest BCUT2D eigenvalue weighted by molar-refractivity contribution is -0.137. The lowest BCUT2D eigenvalue weighted by atomic mass is 10.3. The lowest BCUT2D eigenvalue weighted by Crippen LogP contribution is -2.08. The number of aromatic nitrogens is 1. The Morgan fingerprint density at radius 2 is 1.64 bits per heavy atom. The van der Waals surface area contributed by atoms with E-state index < -0.39 is 11.7 Å². The molecule has 0 amide bonds. The van der Waals surface area contributed by atoms with Gasteiger partial charge in [0.15, 0.2) is 0 Å². The topological polar surface area (TPSA) is 51.6 Å². The number of nitrogens with zero attached hydrogens (tertiary/aromatic N) is 1. The molecule has 0 aliphatic carbocycles. The van der Waals surface area contributed by atoms with Gasteiger partial charge >= 0.3 is 6.18 Å². The van der Waals surface area contributed by atoms with Gasteiger partial charge in [-0.3, -0.25) is 0 Å². The molecule has 0 unspecified atom stereocenters. The van der Waals surface area contributed by atoms with E-state index in [0.717, 1.165) is 12.3 Å². The first kappa shape index (κ1) is 15.9. The lowest BCUT2D eigenvalue weighted by Gasteiger charge is -2.09. The molecule has 0 bridgehead atoms. The summed E-state index contributed by atoms with van der Waals surface area (Å²) in [5.74, 6) is 0.909. The summed E-state index contributed by atoms with van der Waals surface area (Å²) >= 11 is 0. The minimum atomic E-state index is -4.40. The SMILES string of the molecule is Oc1ccc(OCCCOc2ccc(C(F)(F)F)cn2)cc1. The van der Waals surface area contributed by atoms with Crippen LogP contribution in [-0.4, -0.2) is 23.3 Å². The first-order valence-corrected chi connectivity index (χ1v) is 6.53. The summed E-state index contributed by atoms with van der Waals surface area (Å²) in [4.78, 5) is 3.60. The highest BCUT2D eigenvalue weighted by Crippen LogP contribution is 2.29. The highest BCUT2D eigenvalue weighted by molar-refractivity contribution is 5.30. The smallest absolute Gasteiger partial charge is 0.417 e. The Balaban J connectivity index is 1.69. The fourth-order valence-corrected chi connectivity index (χ4v) is 1.60. The number of halogens is 3. The van der Waals surface area contributed by atoms with Crippen molar-refractivity contribution in [1.29, 1.82) is 0 Å². The standard InChI is InChI=1S/C15H14F3NO3/c16-15(17,18)11-2-7-14(19-10-11)22-9-1-8-21-13-5-3-12(20)4-6-13/h2-7,10,20H,1,8-9H2. The number of hydrogen-bond acceptors (Lipinski definition) is 4. The summed E-state index contributed by atoms with van der Waals surface area (Å²) in [7, 11) is 0. The van der Waals surface area contributed by atoms with Gasteiger partial charge in [0.2, 0.25) is 5.88 Å². The van der Waals surface area contributed by atoms with Crippen molar-refractivity contribution in [3.05, 3.63) is 48.2 Å². The van der Waals surface area contributed by atoms with Crippen LogP contribution in [0, 0.1) is 0 Å². The molecule has 22 heavy (non-hydrogen) atoms. The maximum absolute atomic E-state index is 12.3. The quantitative estimate of drug-likeness (QED) is 0.827. The molecule has 1 aromatic carbocycles. The van der Waals surface area contributed by atoms with E-state index in [1.54, 1.807) is 12.1 Å². The highest BCUT2D eigenvalue weighted by Gasteiger charge is 2.30. The Morgan fingerprint density at radius 1 is 0.955 bits per heavy atom. The molecule has 0 aliphatic heterocycles. The second-order valence-electron chi connectivity index (χ2n) is 4.43. The van der Waals surface area contributed by atoms with Crippen LogP contribution in [0.3, 0.4) is 0 Å². The second kappa shape index (κ2) is 7.02. The molecule has 0 radical (unpaired) electrons. The van der Waals surface area contributed by atoms with Crippen molar-refractivity contribution < 1.29 is 27.8 Å². The molecule has 1 N–H and O–H groups in total. The average molecular weight is 313 g/mol. The van der Waals surface area contributed by atoms with Crippen LogP contribution < -0.4 is 9.47 Å². The number of hydrogen-bond donors (Lipinski definition) is 1. The molecule has 0 saturated heterocycles. The van der Waals surface area contributed by atoms with Crippen LogP contribution in [-0.2, 0) is 6.18 Å². The third kappa shape index (κ3) is 4.83. The molecule has 118 valence electrons. The van der Waals surface area contributed by atoms with Gasteiger partial charge in [0.25, 0.3) is 0 Å². The average Bonchev–Trinajstić information content (AvgIpc) is 2.48. The van der Waals surface area contributed by atoms with E-state index in [2.05, 4.69) is 4.98 Å². The number of rotatable bonds is 6. The van der Waals surface area contributed by atoms with Gasteiger partial charge in [0, 0.05) is 18.7 Å². The van der Waals surface area contributed by atoms with Gasteiger partial charge in [-0.25, -0.2) is 4.98 Å². The van der Waals surface area contributed by atoms with Crippen molar-refractivity contribution in [2.24, 2.45) is 0 Å². The van der Waals surface area contributed by atoms with Gasteiger partial charge in [-0.2, -0.15) is 13.2 Å². The predicted octanol–water partition coefficient (Wildman–Crippen LogP) is 3.65. The third-order valence-electron chi connectivity index (χ3n) is 2.71. The van der Waals surface area contributed by atoms with Crippen molar-refractivity contribution in [3.63, 3.8) is 0 Å². The first-order valence-electron chi connectivity index (χ1n) is 6.53. The number of phenols is 1. The summed E-state index contributed by atoms with van der Waals surface area (Å²) in [5.41, 5.74) is -0.810. The predicted molar refractivity (Wildman–Crippen MR) is 73.0 cm³/mol. The van der Waals surface area contributed by atoms with Gasteiger partial charge in [0.1, 0.15) is 11.5 Å². The van der Waals surface area contributed by atoms with Crippen LogP contribution in [0.2, 0.25) is 0 Å². The van der Waals surface area contributed by atoms with Crippen LogP contribution in [0.1, 0.15) is 12.0 Å². The van der Waals surface area contributed by atoms with Crippen LogP contribution in [0.25, 0.3) is 0 Å². The van der Waals surface area contributed by atoms with E-state index in [0.29, 0.717) is 18.8 Å². The molecule has 0 saturated carbocycles. The maximum atomic E-state index is 12.3. The molecule has 4 nitrogen and oxygen atoms in total. The minimum Gasteiger partial charge on any atom is -0.508 e.